The van der Waals surface area contributed by atoms with Crippen LogP contribution >= 0.6 is 0 Å². The minimum atomic E-state index is -0.490. The number of hydrogen-bond donors (Lipinski definition) is 4. The van der Waals surface area contributed by atoms with Crippen LogP contribution in [0.4, 0.5) is 15.8 Å². The molecule has 2 aromatic carbocycles. The molecule has 0 fully saturated rings. The summed E-state index contributed by atoms with van der Waals surface area (Å²) in [6, 6.07) is 13.5. The van der Waals surface area contributed by atoms with Crippen molar-refractivity contribution >= 4 is 17.3 Å². The number of benzene rings is 2. The molecule has 6 nitrogen and oxygen atoms in total. The fourth-order valence-electron chi connectivity index (χ4n) is 1.90. The van der Waals surface area contributed by atoms with Crippen LogP contribution in [0.5, 0.6) is 0 Å². The average Bonchev–Trinajstić information content (AvgIpc) is 2.64. The Hall–Kier alpha value is -2.90. The zero-order chi connectivity index (χ0) is 19.4. The zero-order valence-corrected chi connectivity index (χ0v) is 15.2. The predicted molar refractivity (Wildman–Crippen MR) is 103 cm³/mol. The van der Waals surface area contributed by atoms with E-state index >= 15 is 0 Å². The third kappa shape index (κ3) is 8.27. The van der Waals surface area contributed by atoms with E-state index < -0.39 is 5.82 Å². The van der Waals surface area contributed by atoms with Gasteiger partial charge in [0, 0.05) is 12.7 Å². The lowest BCUT2D eigenvalue weighted by Gasteiger charge is -2.06. The Morgan fingerprint density at radius 2 is 1.96 bits per heavy atom. The molecule has 1 amide bonds. The highest BCUT2D eigenvalue weighted by molar-refractivity contribution is 5.92. The van der Waals surface area contributed by atoms with Gasteiger partial charge in [0.15, 0.2) is 0 Å². The molecule has 0 radical (unpaired) electrons. The van der Waals surface area contributed by atoms with Gasteiger partial charge in [-0.3, -0.25) is 4.79 Å². The molecule has 0 aromatic heterocycles. The number of halogens is 1. The fraction of sp³-hybridized carbons (Fsp3) is 0.211. The summed E-state index contributed by atoms with van der Waals surface area (Å²) in [5.74, 6) is -0.650. The number of hydrogen-bond acceptors (Lipinski definition) is 4. The molecule has 140 valence electrons. The maximum atomic E-state index is 12.9. The number of rotatable bonds is 6. The normalized spacial score (nSPS) is 10.2. The predicted octanol–water partition coefficient (Wildman–Crippen LogP) is 1.09. The van der Waals surface area contributed by atoms with Gasteiger partial charge in [0.2, 0.25) is 5.91 Å². The first-order valence-electron chi connectivity index (χ1n) is 8.21. The van der Waals surface area contributed by atoms with Crippen LogP contribution in [0.2, 0.25) is 0 Å². The Kier molecular flexibility index (Phi) is 9.45. The molecular formula is C19H27FN5O+. The molecule has 0 saturated heterocycles. The number of amides is 1. The summed E-state index contributed by atoms with van der Waals surface area (Å²) in [7, 11) is 3.90. The standard InChI is InChI=1S/C14H13FN2O.C5H13N3/c15-12-7-6-11(9-13(12)16)17-14(18)8-10-4-2-1-3-5-10;1-7-3-4-8(2)5-6/h1-7,9H,8,16H2,(H,17,18);3-4,7H,5-6H2,1-2H3/p+1/b;4-3-. The van der Waals surface area contributed by atoms with Crippen LogP contribution < -0.4 is 22.1 Å². The summed E-state index contributed by atoms with van der Waals surface area (Å²) in [6.45, 7) is 0.574. The second-order valence-electron chi connectivity index (χ2n) is 5.56. The van der Waals surface area contributed by atoms with Crippen molar-refractivity contribution in [3.05, 3.63) is 72.3 Å². The molecule has 0 aliphatic heterocycles. The topological polar surface area (TPSA) is 101 Å². The Morgan fingerprint density at radius 1 is 1.27 bits per heavy atom. The maximum Gasteiger partial charge on any atom is 0.228 e. The molecule has 26 heavy (non-hydrogen) atoms. The molecule has 0 unspecified atom stereocenters. The van der Waals surface area contributed by atoms with Gasteiger partial charge in [-0.25, -0.2) is 4.39 Å². The molecule has 2 rings (SSSR count). The van der Waals surface area contributed by atoms with Gasteiger partial charge < -0.3 is 27.0 Å². The summed E-state index contributed by atoms with van der Waals surface area (Å²) >= 11 is 0. The molecule has 7 heteroatoms. The smallest absolute Gasteiger partial charge is 0.228 e. The molecule has 0 saturated carbocycles. The van der Waals surface area contributed by atoms with Crippen molar-refractivity contribution in [1.29, 1.82) is 0 Å². The minimum absolute atomic E-state index is 0.0208. The quantitative estimate of drug-likeness (QED) is 0.457. The highest BCUT2D eigenvalue weighted by Crippen LogP contribution is 2.16. The molecule has 2 aromatic rings. The first-order chi connectivity index (χ1) is 12.5. The first-order valence-corrected chi connectivity index (χ1v) is 8.21. The maximum absolute atomic E-state index is 12.9. The summed E-state index contributed by atoms with van der Waals surface area (Å²) in [5, 5.41) is 4.64. The van der Waals surface area contributed by atoms with E-state index in [-0.39, 0.29) is 18.0 Å². The number of quaternary nitrogens is 1. The van der Waals surface area contributed by atoms with Gasteiger partial charge in [-0.2, -0.15) is 0 Å². The Morgan fingerprint density at radius 3 is 2.54 bits per heavy atom. The van der Waals surface area contributed by atoms with Gasteiger partial charge in [0.05, 0.1) is 32.0 Å². The lowest BCUT2D eigenvalue weighted by Crippen LogP contribution is -2.72. The number of nitrogen functional groups attached to an aromatic ring is 1. The van der Waals surface area contributed by atoms with Crippen molar-refractivity contribution in [1.82, 2.24) is 4.90 Å². The lowest BCUT2D eigenvalue weighted by molar-refractivity contribution is -0.557. The molecular weight excluding hydrogens is 333 g/mol. The van der Waals surface area contributed by atoms with Crippen LogP contribution in [0.15, 0.2) is 60.9 Å². The van der Waals surface area contributed by atoms with E-state index in [4.69, 9.17) is 11.5 Å². The van der Waals surface area contributed by atoms with E-state index in [1.54, 1.807) is 0 Å². The number of nitrogens with two attached hydrogens (primary N) is 3. The van der Waals surface area contributed by atoms with Crippen molar-refractivity contribution < 1.29 is 14.5 Å². The second kappa shape index (κ2) is 11.6. The van der Waals surface area contributed by atoms with Crippen LogP contribution in [0.1, 0.15) is 5.56 Å². The summed E-state index contributed by atoms with van der Waals surface area (Å²) in [6.07, 6.45) is 4.16. The molecule has 7 N–H and O–H groups in total. The summed E-state index contributed by atoms with van der Waals surface area (Å²) < 4.78 is 12.9. The second-order valence-corrected chi connectivity index (χ2v) is 5.56. The van der Waals surface area contributed by atoms with Crippen LogP contribution in [-0.2, 0) is 11.2 Å². The number of carbonyl (C=O) groups excluding carboxylic acids is 1. The highest BCUT2D eigenvalue weighted by Gasteiger charge is 2.05. The van der Waals surface area contributed by atoms with Crippen molar-refractivity contribution in [2.75, 3.05) is 31.8 Å². The van der Waals surface area contributed by atoms with Gasteiger partial charge in [-0.15, -0.1) is 0 Å². The van der Waals surface area contributed by atoms with Crippen LogP contribution in [-0.4, -0.2) is 31.6 Å². The molecule has 0 spiro atoms. The minimum Gasteiger partial charge on any atom is -0.396 e. The molecule has 0 bridgehead atoms. The lowest BCUT2D eigenvalue weighted by atomic mass is 10.1. The Labute approximate surface area is 153 Å². The van der Waals surface area contributed by atoms with Crippen molar-refractivity contribution in [3.63, 3.8) is 0 Å². The van der Waals surface area contributed by atoms with Crippen LogP contribution in [0.3, 0.4) is 0 Å². The van der Waals surface area contributed by atoms with Gasteiger partial charge in [-0.1, -0.05) is 30.3 Å². The van der Waals surface area contributed by atoms with Crippen molar-refractivity contribution in [3.8, 4) is 0 Å². The van der Waals surface area contributed by atoms with Crippen molar-refractivity contribution in [2.24, 2.45) is 5.73 Å². The van der Waals surface area contributed by atoms with Gasteiger partial charge in [-0.05, 0) is 23.8 Å². The summed E-state index contributed by atoms with van der Waals surface area (Å²) in [5.41, 5.74) is 12.1. The third-order valence-electron chi connectivity index (χ3n) is 3.31. The van der Waals surface area contributed by atoms with Crippen LogP contribution in [0, 0.1) is 5.82 Å². The van der Waals surface area contributed by atoms with E-state index in [9.17, 15) is 9.18 Å². The zero-order valence-electron chi connectivity index (χ0n) is 15.2. The number of anilines is 2. The number of carbonyl (C=O) groups is 1. The van der Waals surface area contributed by atoms with Gasteiger partial charge >= 0.3 is 0 Å². The third-order valence-corrected chi connectivity index (χ3v) is 3.31. The number of nitrogens with zero attached hydrogens (tertiary/aromatic N) is 1. The van der Waals surface area contributed by atoms with E-state index in [2.05, 4.69) is 5.32 Å². The van der Waals surface area contributed by atoms with E-state index in [0.29, 0.717) is 12.4 Å². The molecule has 0 aliphatic rings. The fourth-order valence-corrected chi connectivity index (χ4v) is 1.90. The molecule has 0 heterocycles. The van der Waals surface area contributed by atoms with E-state index in [0.717, 1.165) is 5.56 Å². The van der Waals surface area contributed by atoms with E-state index in [1.807, 2.05) is 67.0 Å². The monoisotopic (exact) mass is 360 g/mol. The SMILES string of the molecule is C[NH2+]/C=C\N(C)CN.Nc1cc(NC(=O)Cc2ccccc2)ccc1F. The van der Waals surface area contributed by atoms with Crippen molar-refractivity contribution in [2.45, 2.75) is 6.42 Å². The summed E-state index contributed by atoms with van der Waals surface area (Å²) in [4.78, 5) is 13.6. The first kappa shape index (κ1) is 21.1. The largest absolute Gasteiger partial charge is 0.396 e. The van der Waals surface area contributed by atoms with Gasteiger partial charge in [0.25, 0.3) is 0 Å². The van der Waals surface area contributed by atoms with E-state index in [1.165, 1.54) is 18.2 Å². The molecule has 0 aliphatic carbocycles. The van der Waals surface area contributed by atoms with Gasteiger partial charge in [0.1, 0.15) is 12.0 Å². The Bertz CT molecular complexity index is 706. The highest BCUT2D eigenvalue weighted by atomic mass is 19.1. The number of nitrogens with one attached hydrogen (secondary N) is 1. The average molecular weight is 360 g/mol. The Balaban J connectivity index is 0.000000359. The van der Waals surface area contributed by atoms with Crippen LogP contribution in [0.25, 0.3) is 0 Å². The molecule has 0 atom stereocenters.